The highest BCUT2D eigenvalue weighted by atomic mass is 16.5. The van der Waals surface area contributed by atoms with E-state index in [1.54, 1.807) is 0 Å². The van der Waals surface area contributed by atoms with Crippen molar-refractivity contribution in [3.05, 3.63) is 58.9 Å². The van der Waals surface area contributed by atoms with Crippen LogP contribution in [0.5, 0.6) is 5.75 Å². The summed E-state index contributed by atoms with van der Waals surface area (Å²) in [7, 11) is 0. The quantitative estimate of drug-likeness (QED) is 0.701. The van der Waals surface area contributed by atoms with Crippen molar-refractivity contribution in [2.75, 3.05) is 19.7 Å². The average Bonchev–Trinajstić information content (AvgIpc) is 3.09. The predicted octanol–water partition coefficient (Wildman–Crippen LogP) is 2.40. The number of benzene rings is 1. The summed E-state index contributed by atoms with van der Waals surface area (Å²) in [5.74, 6) is 0.802. The Hall–Kier alpha value is -2.60. The molecule has 3 heterocycles. The van der Waals surface area contributed by atoms with Gasteiger partial charge in [0.05, 0.1) is 24.1 Å². The van der Waals surface area contributed by atoms with Crippen LogP contribution in [0.15, 0.2) is 47.7 Å². The van der Waals surface area contributed by atoms with Crippen molar-refractivity contribution in [3.63, 3.8) is 0 Å². The minimum atomic E-state index is -0.0903. The van der Waals surface area contributed by atoms with Crippen LogP contribution in [0.3, 0.4) is 0 Å². The van der Waals surface area contributed by atoms with Crippen molar-refractivity contribution in [3.8, 4) is 5.75 Å². The van der Waals surface area contributed by atoms with Gasteiger partial charge in [-0.05, 0) is 43.0 Å². The first-order chi connectivity index (χ1) is 12.3. The van der Waals surface area contributed by atoms with E-state index in [0.717, 1.165) is 55.7 Å². The van der Waals surface area contributed by atoms with Gasteiger partial charge < -0.3 is 14.3 Å². The largest absolute Gasteiger partial charge is 0.494 e. The smallest absolute Gasteiger partial charge is 0.248 e. The van der Waals surface area contributed by atoms with Gasteiger partial charge in [0.25, 0.3) is 0 Å². The lowest BCUT2D eigenvalue weighted by Crippen LogP contribution is -2.33. The van der Waals surface area contributed by atoms with E-state index in [4.69, 9.17) is 4.74 Å². The molecular weight excluding hydrogens is 316 g/mol. The molecule has 0 radical (unpaired) electrons. The van der Waals surface area contributed by atoms with E-state index >= 15 is 0 Å². The first-order valence-electron chi connectivity index (χ1n) is 8.75. The van der Waals surface area contributed by atoms with Crippen molar-refractivity contribution in [2.45, 2.75) is 25.9 Å². The molecule has 4 rings (SSSR count). The molecule has 25 heavy (non-hydrogen) atoms. The number of hydrogen-bond donors (Lipinski definition) is 1. The van der Waals surface area contributed by atoms with Crippen molar-refractivity contribution in [1.82, 2.24) is 19.4 Å². The standard InChI is InChI=1S/C19H22N4O2/c24-19-6-4-15-3-5-17(11-18(15)21-19)25-10-2-1-7-22-8-9-23-14-20-12-16(23)13-22/h3-6,11-12,14H,1-2,7-10,13H2,(H,21,24). The Bertz CT molecular complexity index is 915. The molecule has 130 valence electrons. The van der Waals surface area contributed by atoms with E-state index in [9.17, 15) is 4.79 Å². The number of nitrogens with zero attached hydrogens (tertiary/aromatic N) is 3. The molecule has 0 aliphatic carbocycles. The Labute approximate surface area is 146 Å². The highest BCUT2D eigenvalue weighted by Gasteiger charge is 2.14. The molecule has 0 saturated carbocycles. The number of pyridine rings is 1. The number of rotatable bonds is 6. The zero-order valence-corrected chi connectivity index (χ0v) is 14.1. The molecule has 0 amide bonds. The van der Waals surface area contributed by atoms with Gasteiger partial charge in [-0.15, -0.1) is 0 Å². The van der Waals surface area contributed by atoms with Crippen LogP contribution in [0.2, 0.25) is 0 Å². The number of hydrogen-bond acceptors (Lipinski definition) is 4. The fraction of sp³-hybridized carbons (Fsp3) is 0.368. The summed E-state index contributed by atoms with van der Waals surface area (Å²) in [6, 6.07) is 9.17. The molecule has 0 atom stereocenters. The summed E-state index contributed by atoms with van der Waals surface area (Å²) < 4.78 is 8.06. The molecule has 0 unspecified atom stereocenters. The van der Waals surface area contributed by atoms with Crippen LogP contribution >= 0.6 is 0 Å². The van der Waals surface area contributed by atoms with E-state index in [1.165, 1.54) is 11.8 Å². The minimum Gasteiger partial charge on any atom is -0.494 e. The van der Waals surface area contributed by atoms with Gasteiger partial charge in [0, 0.05) is 38.0 Å². The van der Waals surface area contributed by atoms with Gasteiger partial charge in [-0.2, -0.15) is 0 Å². The van der Waals surface area contributed by atoms with E-state index in [2.05, 4.69) is 19.4 Å². The summed E-state index contributed by atoms with van der Waals surface area (Å²) in [6.07, 6.45) is 5.99. The highest BCUT2D eigenvalue weighted by Crippen LogP contribution is 2.18. The van der Waals surface area contributed by atoms with Crippen molar-refractivity contribution in [1.29, 1.82) is 0 Å². The van der Waals surface area contributed by atoms with Gasteiger partial charge in [-0.3, -0.25) is 9.69 Å². The predicted molar refractivity (Wildman–Crippen MR) is 96.8 cm³/mol. The molecular formula is C19H22N4O2. The van der Waals surface area contributed by atoms with Gasteiger partial charge in [0.2, 0.25) is 5.56 Å². The van der Waals surface area contributed by atoms with Crippen molar-refractivity contribution < 1.29 is 4.74 Å². The second-order valence-corrected chi connectivity index (χ2v) is 6.48. The van der Waals surface area contributed by atoms with Crippen LogP contribution in [-0.2, 0) is 13.1 Å². The number of aromatic amines is 1. The second-order valence-electron chi connectivity index (χ2n) is 6.48. The normalized spacial score (nSPS) is 14.6. The van der Waals surface area contributed by atoms with Crippen molar-refractivity contribution in [2.24, 2.45) is 0 Å². The van der Waals surface area contributed by atoms with E-state index in [1.807, 2.05) is 36.8 Å². The molecule has 3 aromatic rings. The lowest BCUT2D eigenvalue weighted by molar-refractivity contribution is 0.209. The Morgan fingerprint density at radius 2 is 2.08 bits per heavy atom. The molecule has 0 fully saturated rings. The molecule has 1 N–H and O–H groups in total. The molecule has 0 spiro atoms. The van der Waals surface area contributed by atoms with Gasteiger partial charge in [-0.1, -0.05) is 0 Å². The molecule has 1 aliphatic heterocycles. The monoisotopic (exact) mass is 338 g/mol. The van der Waals surface area contributed by atoms with Gasteiger partial charge in [0.1, 0.15) is 5.75 Å². The molecule has 6 nitrogen and oxygen atoms in total. The number of nitrogens with one attached hydrogen (secondary N) is 1. The molecule has 0 bridgehead atoms. The topological polar surface area (TPSA) is 63.1 Å². The maximum Gasteiger partial charge on any atom is 0.248 e. The van der Waals surface area contributed by atoms with E-state index < -0.39 is 0 Å². The Morgan fingerprint density at radius 1 is 1.16 bits per heavy atom. The summed E-state index contributed by atoms with van der Waals surface area (Å²) in [4.78, 5) is 20.9. The van der Waals surface area contributed by atoms with Crippen molar-refractivity contribution >= 4 is 10.9 Å². The Morgan fingerprint density at radius 3 is 3.04 bits per heavy atom. The molecule has 1 aliphatic rings. The summed E-state index contributed by atoms with van der Waals surface area (Å²) in [5, 5.41) is 1.01. The Balaban J connectivity index is 1.23. The summed E-state index contributed by atoms with van der Waals surface area (Å²) >= 11 is 0. The third-order valence-electron chi connectivity index (χ3n) is 4.68. The number of imidazole rings is 1. The number of ether oxygens (including phenoxy) is 1. The Kier molecular flexibility index (Phi) is 4.52. The second kappa shape index (κ2) is 7.11. The number of aromatic nitrogens is 3. The number of unbranched alkanes of at least 4 members (excludes halogenated alkanes) is 1. The van der Waals surface area contributed by atoms with Crippen LogP contribution in [0.25, 0.3) is 10.9 Å². The first-order valence-corrected chi connectivity index (χ1v) is 8.75. The van der Waals surface area contributed by atoms with Crippen LogP contribution in [-0.4, -0.2) is 39.1 Å². The third-order valence-corrected chi connectivity index (χ3v) is 4.68. The van der Waals surface area contributed by atoms with Crippen LogP contribution in [0.4, 0.5) is 0 Å². The average molecular weight is 338 g/mol. The SMILES string of the molecule is O=c1ccc2ccc(OCCCCN3CCn4cncc4C3)cc2[nH]1. The number of fused-ring (bicyclic) bond motifs is 2. The summed E-state index contributed by atoms with van der Waals surface area (Å²) in [6.45, 7) is 4.87. The zero-order chi connectivity index (χ0) is 17.1. The third kappa shape index (κ3) is 3.74. The van der Waals surface area contributed by atoms with Gasteiger partial charge >= 0.3 is 0 Å². The van der Waals surface area contributed by atoms with E-state index in [0.29, 0.717) is 6.61 Å². The molecule has 2 aromatic heterocycles. The highest BCUT2D eigenvalue weighted by molar-refractivity contribution is 5.79. The van der Waals surface area contributed by atoms with Crippen LogP contribution < -0.4 is 10.3 Å². The lowest BCUT2D eigenvalue weighted by Gasteiger charge is -2.27. The minimum absolute atomic E-state index is 0.0903. The van der Waals surface area contributed by atoms with Crippen LogP contribution in [0.1, 0.15) is 18.5 Å². The maximum absolute atomic E-state index is 11.4. The maximum atomic E-state index is 11.4. The first kappa shape index (κ1) is 15.9. The van der Waals surface area contributed by atoms with Gasteiger partial charge in [0.15, 0.2) is 0 Å². The molecule has 0 saturated heterocycles. The molecule has 6 heteroatoms. The molecule has 1 aromatic carbocycles. The number of H-pyrrole nitrogens is 1. The zero-order valence-electron chi connectivity index (χ0n) is 14.1. The summed E-state index contributed by atoms with van der Waals surface area (Å²) in [5.41, 5.74) is 2.02. The van der Waals surface area contributed by atoms with Crippen LogP contribution in [0, 0.1) is 0 Å². The fourth-order valence-electron chi connectivity index (χ4n) is 3.28. The van der Waals surface area contributed by atoms with Gasteiger partial charge in [-0.25, -0.2) is 4.98 Å². The lowest BCUT2D eigenvalue weighted by atomic mass is 10.2. The van der Waals surface area contributed by atoms with E-state index in [-0.39, 0.29) is 5.56 Å². The fourth-order valence-corrected chi connectivity index (χ4v) is 3.28.